The van der Waals surface area contributed by atoms with Crippen LogP contribution in [0.25, 0.3) is 17.5 Å². The van der Waals surface area contributed by atoms with Crippen molar-refractivity contribution in [1.29, 1.82) is 0 Å². The summed E-state index contributed by atoms with van der Waals surface area (Å²) in [6, 6.07) is 8.20. The van der Waals surface area contributed by atoms with Crippen LogP contribution in [0.5, 0.6) is 0 Å². The number of aldehydes is 1. The fourth-order valence-electron chi connectivity index (χ4n) is 5.43. The van der Waals surface area contributed by atoms with Crippen LogP contribution in [-0.2, 0) is 16.0 Å². The number of benzene rings is 1. The molecule has 0 radical (unpaired) electrons. The molecule has 1 spiro atoms. The van der Waals surface area contributed by atoms with Crippen molar-refractivity contribution in [1.82, 2.24) is 20.2 Å². The van der Waals surface area contributed by atoms with Crippen LogP contribution in [0.4, 0.5) is 0 Å². The Kier molecular flexibility index (Phi) is 25.5. The summed E-state index contributed by atoms with van der Waals surface area (Å²) < 4.78 is 0. The SMILES string of the molecule is C#C.CC.CCC(=O)CCCCCCc1[nH]c(-c2cccc(/C=C\CCCNC)c2)nc1C=O.CCN1CCC2(CC1)CC2.NC=O. The van der Waals surface area contributed by atoms with Crippen molar-refractivity contribution in [2.45, 2.75) is 111 Å². The number of ketones is 1. The number of hydrogen-bond donors (Lipinski definition) is 3. The topological polar surface area (TPSA) is 121 Å². The van der Waals surface area contributed by atoms with Crippen LogP contribution in [-0.4, -0.2) is 66.6 Å². The van der Waals surface area contributed by atoms with E-state index in [9.17, 15) is 9.59 Å². The number of aromatic nitrogens is 2. The average Bonchev–Trinajstić information content (AvgIpc) is 3.74. The Balaban J connectivity index is 0.00000102. The van der Waals surface area contributed by atoms with E-state index in [-0.39, 0.29) is 6.41 Å². The number of nitrogens with zero attached hydrogens (tertiary/aromatic N) is 2. The molecule has 2 heterocycles. The molecule has 2 aromatic rings. The minimum absolute atomic E-state index is 0.250. The normalized spacial score (nSPS) is 14.2. The third kappa shape index (κ3) is 18.4. The summed E-state index contributed by atoms with van der Waals surface area (Å²) in [7, 11) is 1.97. The first kappa shape index (κ1) is 43.5. The lowest BCUT2D eigenvalue weighted by Crippen LogP contribution is -2.34. The number of likely N-dealkylation sites (tertiary alicyclic amines) is 1. The second-order valence-electron chi connectivity index (χ2n) is 11.7. The van der Waals surface area contributed by atoms with Crippen molar-refractivity contribution in [3.63, 3.8) is 0 Å². The minimum atomic E-state index is 0.250. The molecule has 1 amide bonds. The maximum Gasteiger partial charge on any atom is 0.204 e. The number of aromatic amines is 1. The molecule has 2 aliphatic rings. The number of carbonyl (C=O) groups is 3. The number of Topliss-reactive ketones (excluding diaryl/α,β-unsaturated/α-hetero) is 1. The zero-order valence-corrected chi connectivity index (χ0v) is 30.0. The van der Waals surface area contributed by atoms with E-state index in [1.54, 1.807) is 0 Å². The molecule has 1 aromatic carbocycles. The van der Waals surface area contributed by atoms with Gasteiger partial charge in [-0.15, -0.1) is 12.8 Å². The zero-order valence-electron chi connectivity index (χ0n) is 30.0. The van der Waals surface area contributed by atoms with Gasteiger partial charge in [0, 0.05) is 24.1 Å². The lowest BCUT2D eigenvalue weighted by molar-refractivity contribution is -0.118. The summed E-state index contributed by atoms with van der Waals surface area (Å²) in [5.74, 6) is 1.08. The number of primary amides is 1. The minimum Gasteiger partial charge on any atom is -0.372 e. The number of hydrogen-bond acceptors (Lipinski definition) is 6. The van der Waals surface area contributed by atoms with E-state index in [4.69, 9.17) is 4.79 Å². The lowest BCUT2D eigenvalue weighted by Gasteiger charge is -2.30. The Morgan fingerprint density at radius 2 is 1.70 bits per heavy atom. The summed E-state index contributed by atoms with van der Waals surface area (Å²) in [5.41, 5.74) is 8.55. The maximum atomic E-state index is 11.5. The summed E-state index contributed by atoms with van der Waals surface area (Å²) in [4.78, 5) is 41.8. The molecular formula is C39H63N5O3. The van der Waals surface area contributed by atoms with Crippen LogP contribution >= 0.6 is 0 Å². The second-order valence-corrected chi connectivity index (χ2v) is 11.7. The first-order valence-electron chi connectivity index (χ1n) is 17.6. The van der Waals surface area contributed by atoms with Gasteiger partial charge in [-0.3, -0.25) is 14.4 Å². The van der Waals surface area contributed by atoms with Crippen molar-refractivity contribution in [3.05, 3.63) is 47.3 Å². The van der Waals surface area contributed by atoms with E-state index in [0.29, 0.717) is 24.3 Å². The van der Waals surface area contributed by atoms with Crippen molar-refractivity contribution in [2.75, 3.05) is 33.2 Å². The zero-order chi connectivity index (χ0) is 35.3. The number of terminal acetylenes is 1. The van der Waals surface area contributed by atoms with Crippen LogP contribution in [0.3, 0.4) is 0 Å². The number of piperidine rings is 1. The molecule has 1 saturated heterocycles. The van der Waals surface area contributed by atoms with Crippen molar-refractivity contribution < 1.29 is 14.4 Å². The van der Waals surface area contributed by atoms with Gasteiger partial charge in [-0.05, 0) is 108 Å². The third-order valence-corrected chi connectivity index (χ3v) is 8.54. The molecule has 0 bridgehead atoms. The maximum absolute atomic E-state index is 11.5. The Bertz CT molecular complexity index is 1160. The molecule has 2 fully saturated rings. The number of allylic oxidation sites excluding steroid dienone is 1. The molecule has 4 rings (SSSR count). The molecule has 1 aliphatic heterocycles. The second kappa shape index (κ2) is 27.6. The van der Waals surface area contributed by atoms with Crippen LogP contribution in [0, 0.1) is 18.3 Å². The van der Waals surface area contributed by atoms with E-state index in [1.807, 2.05) is 40.0 Å². The molecule has 8 heteroatoms. The highest BCUT2D eigenvalue weighted by Crippen LogP contribution is 2.53. The van der Waals surface area contributed by atoms with E-state index in [2.05, 4.69) is 70.0 Å². The molecule has 47 heavy (non-hydrogen) atoms. The van der Waals surface area contributed by atoms with E-state index >= 15 is 0 Å². The highest BCUT2D eigenvalue weighted by atomic mass is 16.1. The first-order chi connectivity index (χ1) is 22.9. The fraction of sp³-hybridized carbons (Fsp3) is 0.590. The number of carbonyl (C=O) groups excluding carboxylic acids is 3. The number of aryl methyl sites for hydroxylation is 1. The van der Waals surface area contributed by atoms with Gasteiger partial charge in [0.05, 0.1) is 0 Å². The van der Waals surface area contributed by atoms with Crippen molar-refractivity contribution in [2.24, 2.45) is 11.1 Å². The summed E-state index contributed by atoms with van der Waals surface area (Å²) >= 11 is 0. The predicted molar refractivity (Wildman–Crippen MR) is 198 cm³/mol. The smallest absolute Gasteiger partial charge is 0.204 e. The number of rotatable bonds is 16. The summed E-state index contributed by atoms with van der Waals surface area (Å²) in [6.45, 7) is 13.2. The van der Waals surface area contributed by atoms with Gasteiger partial charge in [0.2, 0.25) is 6.41 Å². The monoisotopic (exact) mass is 649 g/mol. The Labute approximate surface area is 285 Å². The molecule has 0 unspecified atom stereocenters. The van der Waals surface area contributed by atoms with Crippen molar-refractivity contribution >= 4 is 24.6 Å². The van der Waals surface area contributed by atoms with Gasteiger partial charge >= 0.3 is 0 Å². The molecule has 0 atom stereocenters. The third-order valence-electron chi connectivity index (χ3n) is 8.54. The Morgan fingerprint density at radius 1 is 1.04 bits per heavy atom. The number of nitrogens with one attached hydrogen (secondary N) is 2. The molecule has 8 nitrogen and oxygen atoms in total. The average molecular weight is 650 g/mol. The molecular weight excluding hydrogens is 586 g/mol. The Morgan fingerprint density at radius 3 is 2.28 bits per heavy atom. The lowest BCUT2D eigenvalue weighted by atomic mass is 9.94. The highest BCUT2D eigenvalue weighted by molar-refractivity contribution is 5.78. The number of nitrogens with two attached hydrogens (primary N) is 1. The molecule has 4 N–H and O–H groups in total. The molecule has 1 saturated carbocycles. The first-order valence-corrected chi connectivity index (χ1v) is 17.6. The molecule has 1 aromatic heterocycles. The van der Waals surface area contributed by atoms with Crippen LogP contribution in [0.1, 0.15) is 126 Å². The number of H-pyrrole nitrogens is 1. The number of amides is 1. The van der Waals surface area contributed by atoms with Gasteiger partial charge in [-0.1, -0.05) is 70.9 Å². The Hall–Kier alpha value is -3.54. The number of unbranched alkanes of at least 4 members (excludes halogenated alkanes) is 4. The summed E-state index contributed by atoms with van der Waals surface area (Å²) in [5, 5.41) is 3.15. The van der Waals surface area contributed by atoms with Crippen molar-refractivity contribution in [3.8, 4) is 24.2 Å². The largest absolute Gasteiger partial charge is 0.372 e. The van der Waals surface area contributed by atoms with Gasteiger partial charge in [-0.25, -0.2) is 4.98 Å². The quantitative estimate of drug-likeness (QED) is 0.0977. The van der Waals surface area contributed by atoms with Crippen LogP contribution in [0.2, 0.25) is 0 Å². The van der Waals surface area contributed by atoms with Gasteiger partial charge in [-0.2, -0.15) is 0 Å². The highest BCUT2D eigenvalue weighted by Gasteiger charge is 2.43. The van der Waals surface area contributed by atoms with E-state index < -0.39 is 0 Å². The summed E-state index contributed by atoms with van der Waals surface area (Å²) in [6.07, 6.45) is 27.8. The van der Waals surface area contributed by atoms with E-state index in [1.165, 1.54) is 45.3 Å². The van der Waals surface area contributed by atoms with E-state index in [0.717, 1.165) is 85.8 Å². The van der Waals surface area contributed by atoms with Gasteiger partial charge < -0.3 is 20.9 Å². The van der Waals surface area contributed by atoms with Crippen LogP contribution in [0.15, 0.2) is 30.3 Å². The molecule has 1 aliphatic carbocycles. The standard InChI is InChI=1S/C25H35N3O2.C9H17N.C2H6.C2H2.CH3NO/c1-3-22(30)15-8-4-5-9-16-23-24(19-29)28-25(27-23)21-14-11-13-20(18-21)12-7-6-10-17-26-2;1-2-10-7-5-9(3-4-9)6-8-10;2*1-2;2-1-3/h7,11-14,18-19,26H,3-6,8-10,15-17H2,1-2H3,(H,27,28);2-8H2,1H3;1-2H3;1-2H;1H,(H2,2,3)/b12-7-;;;;. The van der Waals surface area contributed by atoms with Gasteiger partial charge in [0.25, 0.3) is 0 Å². The number of imidazole rings is 1. The van der Waals surface area contributed by atoms with Gasteiger partial charge in [0.15, 0.2) is 6.29 Å². The van der Waals surface area contributed by atoms with Gasteiger partial charge in [0.1, 0.15) is 17.3 Å². The molecule has 262 valence electrons. The van der Waals surface area contributed by atoms with Crippen LogP contribution < -0.4 is 11.1 Å². The fourth-order valence-corrected chi connectivity index (χ4v) is 5.43. The predicted octanol–water partition coefficient (Wildman–Crippen LogP) is 7.63.